The normalized spacial score (nSPS) is 22.0. The van der Waals surface area contributed by atoms with Gasteiger partial charge >= 0.3 is 5.76 Å². The van der Waals surface area contributed by atoms with Gasteiger partial charge in [-0.25, -0.2) is 22.0 Å². The van der Waals surface area contributed by atoms with Gasteiger partial charge in [0.25, 0.3) is 0 Å². The van der Waals surface area contributed by atoms with Crippen molar-refractivity contribution < 1.29 is 21.6 Å². The van der Waals surface area contributed by atoms with E-state index in [1.807, 2.05) is 6.07 Å². The van der Waals surface area contributed by atoms with Crippen molar-refractivity contribution in [2.45, 2.75) is 50.4 Å². The molecule has 1 aliphatic heterocycles. The van der Waals surface area contributed by atoms with E-state index in [1.165, 1.54) is 10.5 Å². The van der Waals surface area contributed by atoms with E-state index in [0.717, 1.165) is 12.1 Å². The summed E-state index contributed by atoms with van der Waals surface area (Å²) in [5.74, 6) is -2.60. The van der Waals surface area contributed by atoms with Gasteiger partial charge < -0.3 is 4.42 Å². The zero-order chi connectivity index (χ0) is 23.0. The minimum Gasteiger partial charge on any atom is -0.412 e. The minimum absolute atomic E-state index is 0.0192. The van der Waals surface area contributed by atoms with Crippen molar-refractivity contribution in [3.63, 3.8) is 0 Å². The molecule has 0 saturated carbocycles. The Morgan fingerprint density at radius 2 is 1.88 bits per heavy atom. The summed E-state index contributed by atoms with van der Waals surface area (Å²) in [6.07, 6.45) is 2.40. The maximum atomic E-state index is 15.0. The van der Waals surface area contributed by atoms with Crippen LogP contribution in [-0.2, 0) is 16.6 Å². The van der Waals surface area contributed by atoms with Crippen LogP contribution in [0.4, 0.5) is 8.78 Å². The van der Waals surface area contributed by atoms with E-state index in [2.05, 4.69) is 4.98 Å². The number of sulfonamides is 1. The Bertz CT molecular complexity index is 1270. The fraction of sp³-hybridized carbons (Fsp3) is 0.348. The second-order valence-electron chi connectivity index (χ2n) is 8.18. The standard InChI is InChI=1S/C23H24F2N2O4S/c1-14-8-9-22(16-6-4-3-5-7-16)32(29,30)27(14)13-17-10-20(25)18(11-19(17)24)15(2)21-12-26-23(28)31-21/h3-7,10-12,14-15,22H,8-9,13H2,1-2H3,(H,26,28)/t14-,15?,22+/m0/s1. The SMILES string of the molecule is CC(c1c[nH]c(=O)o1)c1cc(F)c(CN2[C@@H](C)CC[C@H](c3ccccc3)S2(=O)=O)cc1F. The molecule has 1 aliphatic rings. The highest BCUT2D eigenvalue weighted by Gasteiger charge is 2.40. The number of aromatic amines is 1. The third kappa shape index (κ3) is 4.14. The highest BCUT2D eigenvalue weighted by molar-refractivity contribution is 7.89. The Balaban J connectivity index is 1.64. The molecule has 4 rings (SSSR count). The van der Waals surface area contributed by atoms with Gasteiger partial charge in [-0.15, -0.1) is 0 Å². The van der Waals surface area contributed by atoms with Crippen molar-refractivity contribution in [2.75, 3.05) is 0 Å². The number of hydrogen-bond donors (Lipinski definition) is 1. The summed E-state index contributed by atoms with van der Waals surface area (Å²) in [4.78, 5) is 13.6. The molecule has 1 saturated heterocycles. The van der Waals surface area contributed by atoms with E-state index in [1.54, 1.807) is 38.1 Å². The third-order valence-electron chi connectivity index (χ3n) is 6.12. The molecule has 9 heteroatoms. The Morgan fingerprint density at radius 1 is 1.16 bits per heavy atom. The molecule has 0 amide bonds. The second kappa shape index (κ2) is 8.63. The van der Waals surface area contributed by atoms with Gasteiger partial charge in [-0.3, -0.25) is 4.98 Å². The number of nitrogens with zero attached hydrogens (tertiary/aromatic N) is 1. The van der Waals surface area contributed by atoms with Gasteiger partial charge in [-0.05, 0) is 37.5 Å². The number of oxazole rings is 1. The monoisotopic (exact) mass is 462 g/mol. The van der Waals surface area contributed by atoms with E-state index in [0.29, 0.717) is 18.4 Å². The molecule has 3 aromatic rings. The molecule has 0 bridgehead atoms. The molecule has 1 fully saturated rings. The van der Waals surface area contributed by atoms with Gasteiger partial charge in [0, 0.05) is 35.8 Å². The number of aromatic nitrogens is 1. The predicted molar refractivity (Wildman–Crippen MR) is 116 cm³/mol. The lowest BCUT2D eigenvalue weighted by molar-refractivity contribution is 0.278. The number of H-pyrrole nitrogens is 1. The Morgan fingerprint density at radius 3 is 2.53 bits per heavy atom. The van der Waals surface area contributed by atoms with Gasteiger partial charge in [0.05, 0.1) is 0 Å². The van der Waals surface area contributed by atoms with Crippen molar-refractivity contribution >= 4 is 10.0 Å². The van der Waals surface area contributed by atoms with Crippen molar-refractivity contribution in [1.29, 1.82) is 0 Å². The van der Waals surface area contributed by atoms with Gasteiger partial charge in [0.2, 0.25) is 10.0 Å². The molecule has 0 spiro atoms. The summed E-state index contributed by atoms with van der Waals surface area (Å²) in [5.41, 5.74) is 0.664. The zero-order valence-corrected chi connectivity index (χ0v) is 18.5. The minimum atomic E-state index is -3.77. The number of nitrogens with one attached hydrogen (secondary N) is 1. The van der Waals surface area contributed by atoms with Crippen LogP contribution >= 0.6 is 0 Å². The number of rotatable bonds is 5. The smallest absolute Gasteiger partial charge is 0.412 e. The van der Waals surface area contributed by atoms with Gasteiger partial charge in [0.1, 0.15) is 22.6 Å². The third-order valence-corrected chi connectivity index (χ3v) is 8.49. The van der Waals surface area contributed by atoms with Gasteiger partial charge in [-0.1, -0.05) is 37.3 Å². The number of halogens is 2. The molecule has 0 radical (unpaired) electrons. The Hall–Kier alpha value is -2.78. The van der Waals surface area contributed by atoms with Crippen LogP contribution in [0.15, 0.2) is 57.9 Å². The van der Waals surface area contributed by atoms with Gasteiger partial charge in [0.15, 0.2) is 0 Å². The molecule has 2 heterocycles. The van der Waals surface area contributed by atoms with E-state index >= 15 is 0 Å². The van der Waals surface area contributed by atoms with Crippen molar-refractivity contribution in [3.05, 3.63) is 93.3 Å². The largest absolute Gasteiger partial charge is 0.416 e. The lowest BCUT2D eigenvalue weighted by Crippen LogP contribution is -2.44. The Kier molecular flexibility index (Phi) is 6.05. The lowest BCUT2D eigenvalue weighted by Gasteiger charge is -2.37. The van der Waals surface area contributed by atoms with Crippen LogP contribution in [0, 0.1) is 11.6 Å². The molecule has 1 N–H and O–H groups in total. The van der Waals surface area contributed by atoms with E-state index in [4.69, 9.17) is 4.42 Å². The summed E-state index contributed by atoms with van der Waals surface area (Å²) in [6.45, 7) is 3.10. The highest BCUT2D eigenvalue weighted by atomic mass is 32.2. The molecule has 0 aliphatic carbocycles. The predicted octanol–water partition coefficient (Wildman–Crippen LogP) is 4.45. The van der Waals surface area contributed by atoms with Crippen molar-refractivity contribution in [1.82, 2.24) is 9.29 Å². The van der Waals surface area contributed by atoms with Crippen molar-refractivity contribution in [2.24, 2.45) is 0 Å². The first-order valence-corrected chi connectivity index (χ1v) is 11.9. The van der Waals surface area contributed by atoms with E-state index in [-0.39, 0.29) is 29.5 Å². The van der Waals surface area contributed by atoms with Crippen LogP contribution in [-0.4, -0.2) is 23.7 Å². The first-order chi connectivity index (χ1) is 15.2. The van der Waals surface area contributed by atoms with Crippen LogP contribution in [0.25, 0.3) is 0 Å². The summed E-state index contributed by atoms with van der Waals surface area (Å²) in [6, 6.07) is 10.7. The van der Waals surface area contributed by atoms with Crippen LogP contribution in [0.1, 0.15) is 60.3 Å². The van der Waals surface area contributed by atoms with Crippen LogP contribution in [0.5, 0.6) is 0 Å². The molecule has 2 aromatic carbocycles. The first kappa shape index (κ1) is 22.4. The molecule has 3 atom stereocenters. The topological polar surface area (TPSA) is 83.4 Å². The van der Waals surface area contributed by atoms with Crippen LogP contribution in [0.2, 0.25) is 0 Å². The zero-order valence-electron chi connectivity index (χ0n) is 17.7. The number of hydrogen-bond acceptors (Lipinski definition) is 4. The summed E-state index contributed by atoms with van der Waals surface area (Å²) in [7, 11) is -3.77. The molecular formula is C23H24F2N2O4S. The maximum Gasteiger partial charge on any atom is 0.416 e. The van der Waals surface area contributed by atoms with Crippen LogP contribution < -0.4 is 5.76 Å². The summed E-state index contributed by atoms with van der Waals surface area (Å²) < 4.78 is 62.8. The number of benzene rings is 2. The average molecular weight is 463 g/mol. The van der Waals surface area contributed by atoms with Crippen molar-refractivity contribution in [3.8, 4) is 0 Å². The van der Waals surface area contributed by atoms with Crippen LogP contribution in [0.3, 0.4) is 0 Å². The highest BCUT2D eigenvalue weighted by Crippen LogP contribution is 2.38. The molecule has 170 valence electrons. The quantitative estimate of drug-likeness (QED) is 0.607. The molecule has 1 unspecified atom stereocenters. The average Bonchev–Trinajstić information content (AvgIpc) is 3.19. The Labute approximate surface area is 184 Å². The molecule has 6 nitrogen and oxygen atoms in total. The summed E-state index contributed by atoms with van der Waals surface area (Å²) >= 11 is 0. The fourth-order valence-corrected chi connectivity index (χ4v) is 6.43. The molecule has 1 aromatic heterocycles. The molecule has 32 heavy (non-hydrogen) atoms. The molecular weight excluding hydrogens is 438 g/mol. The lowest BCUT2D eigenvalue weighted by atomic mass is 9.96. The van der Waals surface area contributed by atoms with Gasteiger partial charge in [-0.2, -0.15) is 4.31 Å². The van der Waals surface area contributed by atoms with E-state index in [9.17, 15) is 22.0 Å². The van der Waals surface area contributed by atoms with E-state index < -0.39 is 38.6 Å². The maximum absolute atomic E-state index is 15.0. The first-order valence-electron chi connectivity index (χ1n) is 10.4. The fourth-order valence-electron chi connectivity index (χ4n) is 4.24. The summed E-state index contributed by atoms with van der Waals surface area (Å²) in [5, 5.41) is -0.719. The second-order valence-corrected chi connectivity index (χ2v) is 10.3.